The summed E-state index contributed by atoms with van der Waals surface area (Å²) in [5.41, 5.74) is 18.7. The number of H-pyrrole nitrogens is 3. The minimum absolute atomic E-state index is 0.0744. The highest BCUT2D eigenvalue weighted by Gasteiger charge is 2.26. The van der Waals surface area contributed by atoms with Crippen molar-refractivity contribution in [2.75, 3.05) is 124 Å². The third kappa shape index (κ3) is 22.0. The van der Waals surface area contributed by atoms with E-state index in [0.717, 1.165) is 102 Å². The van der Waals surface area contributed by atoms with E-state index in [1.165, 1.54) is 0 Å². The average molecular weight is 1820 g/mol. The summed E-state index contributed by atoms with van der Waals surface area (Å²) < 4.78 is 36.1. The number of rotatable bonds is 27. The molecule has 0 saturated carbocycles. The molecule has 0 radical (unpaired) electrons. The lowest BCUT2D eigenvalue weighted by Crippen LogP contribution is -2.26. The van der Waals surface area contributed by atoms with Gasteiger partial charge >= 0.3 is 15.2 Å². The van der Waals surface area contributed by atoms with E-state index in [-0.39, 0.29) is 64.2 Å². The van der Waals surface area contributed by atoms with Gasteiger partial charge in [-0.3, -0.25) is 9.13 Å². The Kier molecular flexibility index (Phi) is 28.5. The zero-order chi connectivity index (χ0) is 85.9. The molecule has 0 bridgehead atoms. The van der Waals surface area contributed by atoms with Crippen LogP contribution in [0.2, 0.25) is 10.0 Å². The number of phenols is 3. The summed E-state index contributed by atoms with van der Waals surface area (Å²) in [6.45, 7) is 5.46. The van der Waals surface area contributed by atoms with Gasteiger partial charge < -0.3 is 88.7 Å². The first-order chi connectivity index (χ1) is 57.3. The summed E-state index contributed by atoms with van der Waals surface area (Å²) in [6.07, 6.45) is -0.475. The second kappa shape index (κ2) is 38.8. The number of para-hydroxylation sites is 2. The molecule has 0 aliphatic heterocycles. The molecule has 14 rings (SSSR count). The third-order valence-electron chi connectivity index (χ3n) is 19.7. The Morgan fingerprint density at radius 2 is 0.617 bits per heavy atom. The molecule has 0 aliphatic rings. The van der Waals surface area contributed by atoms with Gasteiger partial charge in [-0.25, -0.2) is 15.0 Å². The molecule has 0 atom stereocenters. The molecule has 23 nitrogen and oxygen atoms in total. The summed E-state index contributed by atoms with van der Waals surface area (Å²) in [6, 6.07) is 77.6. The fourth-order valence-corrected chi connectivity index (χ4v) is 15.8. The van der Waals surface area contributed by atoms with Crippen LogP contribution < -0.4 is 38.9 Å². The highest BCUT2D eigenvalue weighted by Crippen LogP contribution is 2.48. The topological polar surface area (TPSA) is 300 Å². The van der Waals surface area contributed by atoms with Crippen LogP contribution in [-0.4, -0.2) is 160 Å². The van der Waals surface area contributed by atoms with Crippen molar-refractivity contribution >= 4 is 104 Å². The number of benzene rings is 11. The summed E-state index contributed by atoms with van der Waals surface area (Å²) in [5, 5.41) is 31.8. The summed E-state index contributed by atoms with van der Waals surface area (Å²) >= 11 is 19.1. The first-order valence-corrected chi connectivity index (χ1v) is 44.1. The quantitative estimate of drug-likeness (QED) is 0.0214. The van der Waals surface area contributed by atoms with Crippen LogP contribution in [0.25, 0.3) is 102 Å². The van der Waals surface area contributed by atoms with Crippen molar-refractivity contribution in [2.24, 2.45) is 0 Å². The van der Waals surface area contributed by atoms with E-state index in [2.05, 4.69) is 163 Å². The number of hydrogen-bond acceptors (Lipinski definition) is 16. The molecule has 0 fully saturated rings. The van der Waals surface area contributed by atoms with Crippen LogP contribution in [0.3, 0.4) is 0 Å². The molecular weight excluding hydrogens is 1730 g/mol. The number of nitrogens with one attached hydrogen (secondary N) is 3. The molecule has 0 unspecified atom stereocenters. The number of phenolic OH excluding ortho intramolecular Hbond substituents is 3. The van der Waals surface area contributed by atoms with Crippen molar-refractivity contribution in [1.82, 2.24) is 29.9 Å². The predicted molar refractivity (Wildman–Crippen MR) is 495 cm³/mol. The van der Waals surface area contributed by atoms with Crippen molar-refractivity contribution in [3.05, 3.63) is 262 Å². The largest absolute Gasteiger partial charge is 0.506 e. The maximum Gasteiger partial charge on any atom is 0.327 e. The molecule has 14 aromatic rings. The van der Waals surface area contributed by atoms with E-state index in [1.54, 1.807) is 36.4 Å². The highest BCUT2D eigenvalue weighted by molar-refractivity contribution is 9.11. The Morgan fingerprint density at radius 1 is 0.350 bits per heavy atom. The van der Waals surface area contributed by atoms with Gasteiger partial charge in [0.2, 0.25) is 5.75 Å². The molecule has 11 aromatic carbocycles. The Labute approximate surface area is 724 Å². The Hall–Kier alpha value is -11.3. The van der Waals surface area contributed by atoms with E-state index in [0.29, 0.717) is 67.8 Å². The fraction of sp³-hybridized carbons (Fsp3) is 0.176. The zero-order valence-corrected chi connectivity index (χ0v) is 74.0. The van der Waals surface area contributed by atoms with Crippen LogP contribution >= 0.6 is 70.3 Å². The number of ether oxygens (including phenoxy) is 2. The zero-order valence-electron chi connectivity index (χ0n) is 67.5. The van der Waals surface area contributed by atoms with E-state index >= 15 is 0 Å². The van der Waals surface area contributed by atoms with Crippen molar-refractivity contribution in [1.29, 1.82) is 0 Å². The highest BCUT2D eigenvalue weighted by atomic mass is 79.9. The lowest BCUT2D eigenvalue weighted by molar-refractivity contribution is 0.371. The van der Waals surface area contributed by atoms with Gasteiger partial charge in [-0.05, 0) is 179 Å². The molecule has 0 saturated heterocycles. The molecule has 120 heavy (non-hydrogen) atoms. The number of aromatic hydroxyl groups is 3. The van der Waals surface area contributed by atoms with Crippen LogP contribution in [0.1, 0.15) is 13.8 Å². The number of anilines is 6. The monoisotopic (exact) mass is 1820 g/mol. The van der Waals surface area contributed by atoms with Gasteiger partial charge in [0.15, 0.2) is 17.2 Å². The Morgan fingerprint density at radius 3 is 0.892 bits per heavy atom. The smallest absolute Gasteiger partial charge is 0.327 e. The molecule has 29 heteroatoms. The van der Waals surface area contributed by atoms with Gasteiger partial charge in [-0.1, -0.05) is 132 Å². The van der Waals surface area contributed by atoms with Gasteiger partial charge in [-0.15, -0.1) is 0 Å². The van der Waals surface area contributed by atoms with Crippen LogP contribution in [0, 0.1) is 0 Å². The molecule has 3 aromatic heterocycles. The SMILES string of the molecule is CCN(CCP(=O)(O)O)c1ccc(-c2nc(-c3cc(Br)c(O)c(Br)c3)[nH]c2-c2ccc(N(CC)CCP(=O)(O)O)cc2)cc1.CN(C)c1ccc(-c2nc(-c3cc(Cl)c(O)c(Cl)c3)[nH]c2-c2ccc(N(C)C)cc2)cc1.CN(C)c1ccc(-c2nc(-c3cc(Oc4ccccc4)c(O)c(Oc4ccccc4)c3)[nH]c2-c2ccc(N(C)C)cc2)cc1. The molecule has 10 N–H and O–H groups in total. The predicted octanol–water partition coefficient (Wildman–Crippen LogP) is 22.0. The second-order valence-electron chi connectivity index (χ2n) is 29.0. The van der Waals surface area contributed by atoms with Crippen LogP contribution in [0.5, 0.6) is 40.2 Å². The Bertz CT molecular complexity index is 5600. The molecule has 3 heterocycles. The van der Waals surface area contributed by atoms with Crippen LogP contribution in [0.4, 0.5) is 34.1 Å². The van der Waals surface area contributed by atoms with Crippen LogP contribution in [0.15, 0.2) is 252 Å². The number of nitrogens with zero attached hydrogens (tertiary/aromatic N) is 9. The van der Waals surface area contributed by atoms with E-state index in [4.69, 9.17) is 47.6 Å². The normalized spacial score (nSPS) is 11.3. The lowest BCUT2D eigenvalue weighted by Gasteiger charge is -2.23. The number of hydrogen-bond donors (Lipinski definition) is 10. The molecule has 0 aliphatic carbocycles. The molecule has 0 spiro atoms. The first-order valence-electron chi connectivity index (χ1n) is 38.2. The van der Waals surface area contributed by atoms with Gasteiger partial charge in [0.1, 0.15) is 34.7 Å². The molecule has 620 valence electrons. The standard InChI is InChI=1S/C37H34N4O3.C29H34Br2N4O7P2.C25H24Cl2N4O/c1-40(2)28-19-15-25(16-20-28)34-35(26-17-21-29(22-18-26)41(3)4)39-37(38-34)27-23-32(43-30-11-7-5-8-12-30)36(42)33(24-27)44-31-13-9-6-10-14-31;1-3-34(13-15-43(37,38)39)22-9-5-19(6-10-22)26-27(33-29(32-26)21-17-24(30)28(36)25(31)18-21)20-7-11-23(12-8-20)35(4-2)14-16-44(40,41)42;1-30(2)18-9-5-15(6-10-18)22-23(16-7-11-19(12-8-16)31(3)4)29-25(28-22)17-13-20(26)24(32)21(27)14-17/h5-24,42H,1-4H3,(H,38,39);5-12,17-18,36H,3-4,13-16H2,1-2H3,(H,32,33)(H2,37,38,39)(H2,40,41,42);5-14,32H,1-4H3,(H,28,29). The summed E-state index contributed by atoms with van der Waals surface area (Å²) in [5.74, 6) is 3.32. The first kappa shape index (κ1) is 88.0. The lowest BCUT2D eigenvalue weighted by atomic mass is 10.0. The van der Waals surface area contributed by atoms with E-state index < -0.39 is 15.2 Å². The van der Waals surface area contributed by atoms with Gasteiger partial charge in [0.05, 0.1) is 65.5 Å². The van der Waals surface area contributed by atoms with Crippen molar-refractivity contribution in [3.63, 3.8) is 0 Å². The number of imidazole rings is 3. The Balaban J connectivity index is 0.000000167. The van der Waals surface area contributed by atoms with E-state index in [9.17, 15) is 44.0 Å². The minimum Gasteiger partial charge on any atom is -0.506 e. The van der Waals surface area contributed by atoms with Crippen molar-refractivity contribution < 1.29 is 53.5 Å². The number of aromatic nitrogens is 6. The van der Waals surface area contributed by atoms with Crippen molar-refractivity contribution in [2.45, 2.75) is 13.8 Å². The van der Waals surface area contributed by atoms with E-state index in [1.807, 2.05) is 189 Å². The number of halogens is 4. The minimum atomic E-state index is -4.13. The summed E-state index contributed by atoms with van der Waals surface area (Å²) in [4.78, 5) is 74.7. The van der Waals surface area contributed by atoms with Crippen molar-refractivity contribution in [3.8, 4) is 142 Å². The van der Waals surface area contributed by atoms with Gasteiger partial charge in [0, 0.05) is 167 Å². The van der Waals surface area contributed by atoms with Gasteiger partial charge in [-0.2, -0.15) is 0 Å². The maximum atomic E-state index is 11.4. The molecule has 0 amide bonds. The summed E-state index contributed by atoms with van der Waals surface area (Å²) in [7, 11) is 7.89. The fourth-order valence-electron chi connectivity index (χ4n) is 13.1. The number of aromatic amines is 3. The maximum absolute atomic E-state index is 11.4. The molecular formula is C91H92Br2Cl2N12O11P2. The third-order valence-corrected chi connectivity index (χ3v) is 23.1. The average Bonchev–Trinajstić information content (AvgIpc) is 1.65. The second-order valence-corrected chi connectivity index (χ2v) is 35.0. The van der Waals surface area contributed by atoms with Gasteiger partial charge in [0.25, 0.3) is 0 Å². The van der Waals surface area contributed by atoms with Crippen LogP contribution in [-0.2, 0) is 9.13 Å².